The fraction of sp³-hybridized carbons (Fsp3) is 0.400. The van der Waals surface area contributed by atoms with Crippen molar-refractivity contribution in [2.24, 2.45) is 0 Å². The second-order valence-corrected chi connectivity index (χ2v) is 5.55. The van der Waals surface area contributed by atoms with Crippen LogP contribution in [0, 0.1) is 0 Å². The highest BCUT2D eigenvalue weighted by Crippen LogP contribution is 2.31. The normalized spacial score (nSPS) is 12.0. The lowest BCUT2D eigenvalue weighted by Crippen LogP contribution is -2.20. The van der Waals surface area contributed by atoms with Crippen molar-refractivity contribution in [1.29, 1.82) is 0 Å². The molecule has 0 fully saturated rings. The van der Waals surface area contributed by atoms with Gasteiger partial charge in [-0.3, -0.25) is 0 Å². The van der Waals surface area contributed by atoms with Gasteiger partial charge in [-0.05, 0) is 24.5 Å². The molecule has 0 radical (unpaired) electrons. The smallest absolute Gasteiger partial charge is 0.165 e. The molecule has 124 valence electrons. The number of rotatable bonds is 9. The van der Waals surface area contributed by atoms with Crippen molar-refractivity contribution in [3.05, 3.63) is 59.7 Å². The highest BCUT2D eigenvalue weighted by Gasteiger charge is 2.13. The van der Waals surface area contributed by atoms with Crippen molar-refractivity contribution in [3.8, 4) is 11.5 Å². The van der Waals surface area contributed by atoms with E-state index in [9.17, 15) is 0 Å². The topological polar surface area (TPSA) is 30.5 Å². The van der Waals surface area contributed by atoms with Gasteiger partial charge in [0.25, 0.3) is 0 Å². The molecule has 0 amide bonds. The second kappa shape index (κ2) is 9.21. The van der Waals surface area contributed by atoms with E-state index in [1.54, 1.807) is 7.11 Å². The van der Waals surface area contributed by atoms with Crippen molar-refractivity contribution >= 4 is 0 Å². The minimum atomic E-state index is 0.335. The first-order chi connectivity index (χ1) is 11.3. The Morgan fingerprint density at radius 2 is 1.78 bits per heavy atom. The number of benzene rings is 2. The first-order valence-corrected chi connectivity index (χ1v) is 8.37. The van der Waals surface area contributed by atoms with E-state index >= 15 is 0 Å². The second-order valence-electron chi connectivity index (χ2n) is 5.55. The molecular weight excluding hydrogens is 286 g/mol. The van der Waals surface area contributed by atoms with Crippen molar-refractivity contribution in [1.82, 2.24) is 5.32 Å². The predicted molar refractivity (Wildman–Crippen MR) is 95.1 cm³/mol. The summed E-state index contributed by atoms with van der Waals surface area (Å²) in [5.41, 5.74) is 2.45. The SMILES string of the molecule is CCCOc1c(CNC(CC)c2ccccc2)cccc1OC. The number of hydrogen-bond donors (Lipinski definition) is 1. The van der Waals surface area contributed by atoms with E-state index in [0.717, 1.165) is 36.4 Å². The van der Waals surface area contributed by atoms with Gasteiger partial charge in [-0.15, -0.1) is 0 Å². The molecule has 0 heterocycles. The van der Waals surface area contributed by atoms with Crippen LogP contribution in [0.25, 0.3) is 0 Å². The third kappa shape index (κ3) is 4.73. The first kappa shape index (κ1) is 17.4. The predicted octanol–water partition coefficient (Wildman–Crippen LogP) is 4.72. The fourth-order valence-corrected chi connectivity index (χ4v) is 2.65. The van der Waals surface area contributed by atoms with Crippen LogP contribution in [0.1, 0.15) is 43.9 Å². The summed E-state index contributed by atoms with van der Waals surface area (Å²) in [5.74, 6) is 1.65. The van der Waals surface area contributed by atoms with Crippen LogP contribution in [-0.2, 0) is 6.54 Å². The molecule has 0 aliphatic heterocycles. The van der Waals surface area contributed by atoms with Gasteiger partial charge in [0.15, 0.2) is 11.5 Å². The van der Waals surface area contributed by atoms with Crippen LogP contribution in [0.2, 0.25) is 0 Å². The van der Waals surface area contributed by atoms with Crippen LogP contribution >= 0.6 is 0 Å². The lowest BCUT2D eigenvalue weighted by atomic mass is 10.0. The third-order valence-electron chi connectivity index (χ3n) is 3.88. The largest absolute Gasteiger partial charge is 0.493 e. The van der Waals surface area contributed by atoms with Gasteiger partial charge in [-0.25, -0.2) is 0 Å². The van der Waals surface area contributed by atoms with E-state index in [-0.39, 0.29) is 0 Å². The van der Waals surface area contributed by atoms with Crippen molar-refractivity contribution in [2.75, 3.05) is 13.7 Å². The number of nitrogens with one attached hydrogen (secondary N) is 1. The molecule has 3 nitrogen and oxygen atoms in total. The minimum Gasteiger partial charge on any atom is -0.493 e. The summed E-state index contributed by atoms with van der Waals surface area (Å²) in [4.78, 5) is 0. The molecule has 0 saturated heterocycles. The van der Waals surface area contributed by atoms with E-state index in [1.165, 1.54) is 5.56 Å². The van der Waals surface area contributed by atoms with E-state index in [4.69, 9.17) is 9.47 Å². The number of ether oxygens (including phenoxy) is 2. The molecule has 3 heteroatoms. The quantitative estimate of drug-likeness (QED) is 0.726. The van der Waals surface area contributed by atoms with Gasteiger partial charge in [0, 0.05) is 18.2 Å². The van der Waals surface area contributed by atoms with Gasteiger partial charge in [-0.1, -0.05) is 56.3 Å². The maximum atomic E-state index is 5.91. The molecule has 2 aromatic rings. The molecule has 0 saturated carbocycles. The van der Waals surface area contributed by atoms with Crippen LogP contribution in [0.3, 0.4) is 0 Å². The molecule has 0 bridgehead atoms. The summed E-state index contributed by atoms with van der Waals surface area (Å²) in [6.07, 6.45) is 2.02. The molecule has 2 aromatic carbocycles. The maximum absolute atomic E-state index is 5.91. The minimum absolute atomic E-state index is 0.335. The fourth-order valence-electron chi connectivity index (χ4n) is 2.65. The van der Waals surface area contributed by atoms with Crippen molar-refractivity contribution in [2.45, 2.75) is 39.3 Å². The van der Waals surface area contributed by atoms with Gasteiger partial charge >= 0.3 is 0 Å². The maximum Gasteiger partial charge on any atom is 0.165 e. The molecule has 0 aliphatic carbocycles. The van der Waals surface area contributed by atoms with E-state index in [0.29, 0.717) is 12.6 Å². The lowest BCUT2D eigenvalue weighted by Gasteiger charge is -2.20. The van der Waals surface area contributed by atoms with Gasteiger partial charge in [0.05, 0.1) is 13.7 Å². The third-order valence-corrected chi connectivity index (χ3v) is 3.88. The molecule has 0 spiro atoms. The average molecular weight is 313 g/mol. The molecule has 1 atom stereocenters. The Kier molecular flexibility index (Phi) is 6.95. The van der Waals surface area contributed by atoms with Crippen molar-refractivity contribution in [3.63, 3.8) is 0 Å². The Labute approximate surface area is 139 Å². The van der Waals surface area contributed by atoms with Crippen LogP contribution in [0.15, 0.2) is 48.5 Å². The molecule has 0 aromatic heterocycles. The Morgan fingerprint density at radius 1 is 1.00 bits per heavy atom. The molecule has 2 rings (SSSR count). The average Bonchev–Trinajstić information content (AvgIpc) is 2.61. The summed E-state index contributed by atoms with van der Waals surface area (Å²) < 4.78 is 11.4. The molecular formula is C20H27NO2. The summed E-state index contributed by atoms with van der Waals surface area (Å²) in [5, 5.41) is 3.63. The Balaban J connectivity index is 2.12. The number of para-hydroxylation sites is 1. The highest BCUT2D eigenvalue weighted by molar-refractivity contribution is 5.46. The first-order valence-electron chi connectivity index (χ1n) is 8.37. The lowest BCUT2D eigenvalue weighted by molar-refractivity contribution is 0.290. The Bertz CT molecular complexity index is 583. The van der Waals surface area contributed by atoms with Crippen LogP contribution in [-0.4, -0.2) is 13.7 Å². The van der Waals surface area contributed by atoms with Crippen LogP contribution in [0.5, 0.6) is 11.5 Å². The molecule has 1 N–H and O–H groups in total. The number of methoxy groups -OCH3 is 1. The zero-order chi connectivity index (χ0) is 16.5. The van der Waals surface area contributed by atoms with Gasteiger partial charge in [0.2, 0.25) is 0 Å². The van der Waals surface area contributed by atoms with Gasteiger partial charge < -0.3 is 14.8 Å². The number of hydrogen-bond acceptors (Lipinski definition) is 3. The summed E-state index contributed by atoms with van der Waals surface area (Å²) >= 11 is 0. The summed E-state index contributed by atoms with van der Waals surface area (Å²) in [7, 11) is 1.68. The van der Waals surface area contributed by atoms with Crippen molar-refractivity contribution < 1.29 is 9.47 Å². The highest BCUT2D eigenvalue weighted by atomic mass is 16.5. The summed E-state index contributed by atoms with van der Waals surface area (Å²) in [6.45, 7) is 5.76. The summed E-state index contributed by atoms with van der Waals surface area (Å²) in [6, 6.07) is 16.9. The van der Waals surface area contributed by atoms with Gasteiger partial charge in [0.1, 0.15) is 0 Å². The molecule has 0 aliphatic rings. The van der Waals surface area contributed by atoms with E-state index < -0.39 is 0 Å². The van der Waals surface area contributed by atoms with Crippen LogP contribution in [0.4, 0.5) is 0 Å². The van der Waals surface area contributed by atoms with E-state index in [1.807, 2.05) is 12.1 Å². The molecule has 23 heavy (non-hydrogen) atoms. The standard InChI is InChI=1S/C20H27NO2/c1-4-14-23-20-17(12-9-13-19(20)22-3)15-21-18(5-2)16-10-7-6-8-11-16/h6-13,18,21H,4-5,14-15H2,1-3H3. The zero-order valence-corrected chi connectivity index (χ0v) is 14.3. The van der Waals surface area contributed by atoms with Gasteiger partial charge in [-0.2, -0.15) is 0 Å². The van der Waals surface area contributed by atoms with Crippen LogP contribution < -0.4 is 14.8 Å². The monoisotopic (exact) mass is 313 g/mol. The Morgan fingerprint density at radius 3 is 2.43 bits per heavy atom. The van der Waals surface area contributed by atoms with E-state index in [2.05, 4.69) is 55.6 Å². The zero-order valence-electron chi connectivity index (χ0n) is 14.3. The molecule has 1 unspecified atom stereocenters. The Hall–Kier alpha value is -2.00.